The Balaban J connectivity index is 2.40. The number of hydrogen-bond donors (Lipinski definition) is 2. The third-order valence-electron chi connectivity index (χ3n) is 4.38. The summed E-state index contributed by atoms with van der Waals surface area (Å²) in [6.07, 6.45) is 4.71. The summed E-state index contributed by atoms with van der Waals surface area (Å²) in [5.74, 6) is 0. The molecule has 0 aliphatic rings. The zero-order chi connectivity index (χ0) is 17.5. The van der Waals surface area contributed by atoms with Gasteiger partial charge in [-0.2, -0.15) is 0 Å². The molecule has 1 unspecified atom stereocenters. The van der Waals surface area contributed by atoms with Gasteiger partial charge in [0, 0.05) is 0 Å². The summed E-state index contributed by atoms with van der Waals surface area (Å²) in [6, 6.07) is 17.9. The van der Waals surface area contributed by atoms with E-state index in [0.717, 1.165) is 32.1 Å². The molecular weight excluding hydrogens is 319 g/mol. The van der Waals surface area contributed by atoms with E-state index in [1.165, 1.54) is 0 Å². The first-order valence-electron chi connectivity index (χ1n) is 8.82. The average molecular weight is 348 g/mol. The second-order valence-corrected chi connectivity index (χ2v) is 9.39. The number of rotatable bonds is 9. The van der Waals surface area contributed by atoms with Crippen molar-refractivity contribution in [1.82, 2.24) is 0 Å². The minimum absolute atomic E-state index is 0.176. The zero-order valence-corrected chi connectivity index (χ0v) is 15.5. The van der Waals surface area contributed by atoms with Crippen molar-refractivity contribution in [3.05, 3.63) is 60.7 Å². The van der Waals surface area contributed by atoms with Crippen LogP contribution in [0.25, 0.3) is 0 Å². The van der Waals surface area contributed by atoms with Gasteiger partial charge in [0.15, 0.2) is 0 Å². The van der Waals surface area contributed by atoms with Crippen molar-refractivity contribution in [3.63, 3.8) is 0 Å². The van der Waals surface area contributed by atoms with E-state index in [9.17, 15) is 9.79 Å². The number of hydrogen-bond acceptors (Lipinski definition) is 3. The van der Waals surface area contributed by atoms with Crippen molar-refractivity contribution in [2.24, 2.45) is 0 Å². The van der Waals surface area contributed by atoms with E-state index >= 15 is 0 Å². The van der Waals surface area contributed by atoms with Crippen LogP contribution in [0, 0.1) is 0 Å². The molecule has 0 fully saturated rings. The Morgan fingerprint density at radius 2 is 1.33 bits per heavy atom. The van der Waals surface area contributed by atoms with Crippen LogP contribution in [-0.2, 0) is 4.52 Å². The summed E-state index contributed by atoms with van der Waals surface area (Å²) in [7, 11) is -4.64. The average Bonchev–Trinajstić information content (AvgIpc) is 2.63. The van der Waals surface area contributed by atoms with E-state index in [-0.39, 0.29) is 6.10 Å². The van der Waals surface area contributed by atoms with Gasteiger partial charge in [0.05, 0.1) is 0 Å². The summed E-state index contributed by atoms with van der Waals surface area (Å²) >= 11 is 0. The van der Waals surface area contributed by atoms with Gasteiger partial charge in [-0.25, -0.2) is 0 Å². The first-order valence-corrected chi connectivity index (χ1v) is 10.9. The van der Waals surface area contributed by atoms with E-state index in [2.05, 4.69) is 6.92 Å². The van der Waals surface area contributed by atoms with Gasteiger partial charge in [0.2, 0.25) is 0 Å². The van der Waals surface area contributed by atoms with Crippen LogP contribution in [0.5, 0.6) is 0 Å². The first-order chi connectivity index (χ1) is 11.5. The van der Waals surface area contributed by atoms with Crippen LogP contribution in [-0.4, -0.2) is 15.9 Å². The van der Waals surface area contributed by atoms with Crippen LogP contribution < -0.4 is 10.6 Å². The molecule has 132 valence electrons. The van der Waals surface area contributed by atoms with Gasteiger partial charge in [0.25, 0.3) is 0 Å². The molecule has 24 heavy (non-hydrogen) atoms. The van der Waals surface area contributed by atoms with Crippen molar-refractivity contribution in [1.29, 1.82) is 0 Å². The van der Waals surface area contributed by atoms with E-state index in [1.807, 2.05) is 43.3 Å². The second kappa shape index (κ2) is 8.22. The summed E-state index contributed by atoms with van der Waals surface area (Å²) in [5.41, 5.74) is 0. The molecule has 0 saturated heterocycles. The van der Waals surface area contributed by atoms with Gasteiger partial charge < -0.3 is 0 Å². The maximum absolute atomic E-state index is 11.5. The summed E-state index contributed by atoms with van der Waals surface area (Å²) in [5, 5.41) is 0.896. The molecule has 0 heterocycles. The van der Waals surface area contributed by atoms with Crippen molar-refractivity contribution >= 4 is 17.9 Å². The van der Waals surface area contributed by atoms with Crippen molar-refractivity contribution in [2.45, 2.75) is 52.1 Å². The Labute approximate surface area is 145 Å². The molecule has 0 saturated carbocycles. The fourth-order valence-corrected chi connectivity index (χ4v) is 5.68. The molecule has 0 aliphatic carbocycles. The molecule has 0 spiro atoms. The number of unbranched alkanes of at least 4 members (excludes halogenated alkanes) is 2. The molecule has 4 heteroatoms. The molecule has 0 aliphatic heterocycles. The molecule has 3 nitrogen and oxygen atoms in total. The summed E-state index contributed by atoms with van der Waals surface area (Å²) < 4.78 is 6.14. The normalized spacial score (nSPS) is 14.8. The van der Waals surface area contributed by atoms with E-state index in [0.29, 0.717) is 10.6 Å². The van der Waals surface area contributed by atoms with E-state index < -0.39 is 7.28 Å². The number of benzene rings is 2. The standard InChI is InChI=1S/C20H29O3P/c1-3-5-8-13-18(4-2)23-24(21,22,19-14-9-6-10-15-19)20-16-11-7-12-17-20/h6-7,9-12,14-18,21-22H,3-5,8,13H2,1-2H3. The Morgan fingerprint density at radius 3 is 1.75 bits per heavy atom. The molecule has 1 atom stereocenters. The van der Waals surface area contributed by atoms with Gasteiger partial charge in [-0.3, -0.25) is 0 Å². The molecule has 0 amide bonds. The molecule has 2 N–H and O–H groups in total. The summed E-state index contributed by atoms with van der Waals surface area (Å²) in [4.78, 5) is 23.1. The Hall–Kier alpha value is -1.25. The molecule has 0 aromatic heterocycles. The molecule has 2 aromatic carbocycles. The molecule has 0 bridgehead atoms. The van der Waals surface area contributed by atoms with Crippen LogP contribution in [0.4, 0.5) is 0 Å². The van der Waals surface area contributed by atoms with Gasteiger partial charge in [-0.05, 0) is 0 Å². The van der Waals surface area contributed by atoms with Crippen molar-refractivity contribution < 1.29 is 14.3 Å². The van der Waals surface area contributed by atoms with Crippen LogP contribution in [0.2, 0.25) is 0 Å². The van der Waals surface area contributed by atoms with Gasteiger partial charge in [-0.1, -0.05) is 0 Å². The third-order valence-corrected chi connectivity index (χ3v) is 7.53. The molecular formula is C20H29O3P. The van der Waals surface area contributed by atoms with E-state index in [4.69, 9.17) is 4.52 Å². The van der Waals surface area contributed by atoms with Crippen LogP contribution in [0.15, 0.2) is 60.7 Å². The van der Waals surface area contributed by atoms with Gasteiger partial charge in [-0.15, -0.1) is 0 Å². The predicted molar refractivity (Wildman–Crippen MR) is 103 cm³/mol. The topological polar surface area (TPSA) is 49.7 Å². The first kappa shape index (κ1) is 19.1. The summed E-state index contributed by atoms with van der Waals surface area (Å²) in [6.45, 7) is 4.19. The van der Waals surface area contributed by atoms with Crippen LogP contribution >= 0.6 is 7.28 Å². The molecule has 0 radical (unpaired) electrons. The third kappa shape index (κ3) is 4.23. The van der Waals surface area contributed by atoms with E-state index in [1.54, 1.807) is 24.3 Å². The Bertz CT molecular complexity index is 570. The Morgan fingerprint density at radius 1 is 0.833 bits per heavy atom. The minimum atomic E-state index is -4.64. The fraction of sp³-hybridized carbons (Fsp3) is 0.400. The fourth-order valence-electron chi connectivity index (χ4n) is 2.90. The van der Waals surface area contributed by atoms with Crippen LogP contribution in [0.1, 0.15) is 46.0 Å². The predicted octanol–water partition coefficient (Wildman–Crippen LogP) is 4.30. The zero-order valence-electron chi connectivity index (χ0n) is 14.6. The van der Waals surface area contributed by atoms with Crippen LogP contribution in [0.3, 0.4) is 0 Å². The van der Waals surface area contributed by atoms with Crippen molar-refractivity contribution in [3.8, 4) is 0 Å². The Kier molecular flexibility index (Phi) is 6.54. The molecule has 2 rings (SSSR count). The maximum atomic E-state index is 11.5. The van der Waals surface area contributed by atoms with Gasteiger partial charge >= 0.3 is 145 Å². The van der Waals surface area contributed by atoms with Crippen molar-refractivity contribution in [2.75, 3.05) is 0 Å². The monoisotopic (exact) mass is 348 g/mol. The molecule has 2 aromatic rings. The quantitative estimate of drug-likeness (QED) is 0.525. The SMILES string of the molecule is CCCCCC(CC)OP(O)(O)(c1ccccc1)c1ccccc1. The van der Waals surface area contributed by atoms with Gasteiger partial charge in [0.1, 0.15) is 0 Å². The second-order valence-electron chi connectivity index (χ2n) is 6.25.